The lowest BCUT2D eigenvalue weighted by Crippen LogP contribution is -2.14. The van der Waals surface area contributed by atoms with Gasteiger partial charge in [-0.1, -0.05) is 18.2 Å². The molecular formula is C19H16N4O3S2. The number of nitrogens with zero attached hydrogens (tertiary/aromatic N) is 3. The minimum Gasteiger partial charge on any atom is -0.287 e. The van der Waals surface area contributed by atoms with E-state index in [1.807, 2.05) is 17.5 Å². The minimum absolute atomic E-state index is 0.00984. The van der Waals surface area contributed by atoms with E-state index in [1.165, 1.54) is 17.5 Å². The molecule has 0 atom stereocenters. The predicted molar refractivity (Wildman–Crippen MR) is 109 cm³/mol. The summed E-state index contributed by atoms with van der Waals surface area (Å²) in [5.74, 6) is -0.136. The summed E-state index contributed by atoms with van der Waals surface area (Å²) in [5, 5.41) is 6.19. The molecule has 0 bridgehead atoms. The van der Waals surface area contributed by atoms with Gasteiger partial charge in [0.05, 0.1) is 28.1 Å². The van der Waals surface area contributed by atoms with E-state index in [4.69, 9.17) is 0 Å². The van der Waals surface area contributed by atoms with Crippen LogP contribution in [-0.2, 0) is 10.0 Å². The van der Waals surface area contributed by atoms with Crippen LogP contribution in [0.2, 0.25) is 0 Å². The second-order valence-corrected chi connectivity index (χ2v) is 8.98. The number of fused-ring (bicyclic) bond motifs is 1. The molecule has 28 heavy (non-hydrogen) atoms. The van der Waals surface area contributed by atoms with Crippen molar-refractivity contribution in [3.8, 4) is 11.3 Å². The van der Waals surface area contributed by atoms with E-state index in [9.17, 15) is 13.2 Å². The van der Waals surface area contributed by atoms with Gasteiger partial charge in [-0.3, -0.25) is 9.52 Å². The van der Waals surface area contributed by atoms with Crippen molar-refractivity contribution in [2.45, 2.75) is 6.92 Å². The number of hydrogen-bond acceptors (Lipinski definition) is 6. The average molecular weight is 412 g/mol. The minimum atomic E-state index is -3.37. The zero-order chi connectivity index (χ0) is 19.7. The normalized spacial score (nSPS) is 11.6. The Morgan fingerprint density at radius 1 is 1.21 bits per heavy atom. The van der Waals surface area contributed by atoms with Crippen molar-refractivity contribution in [3.63, 3.8) is 0 Å². The van der Waals surface area contributed by atoms with Gasteiger partial charge >= 0.3 is 0 Å². The Morgan fingerprint density at radius 3 is 2.82 bits per heavy atom. The number of thiophene rings is 1. The lowest BCUT2D eigenvalue weighted by atomic mass is 10.1. The molecule has 1 N–H and O–H groups in total. The number of hydrogen-bond donors (Lipinski definition) is 1. The van der Waals surface area contributed by atoms with Gasteiger partial charge in [-0.15, -0.1) is 11.3 Å². The molecule has 3 heterocycles. The zero-order valence-electron chi connectivity index (χ0n) is 14.9. The van der Waals surface area contributed by atoms with Crippen molar-refractivity contribution >= 4 is 38.5 Å². The van der Waals surface area contributed by atoms with Gasteiger partial charge in [-0.05, 0) is 36.6 Å². The Bertz CT molecular complexity index is 1260. The molecule has 0 unspecified atom stereocenters. The summed E-state index contributed by atoms with van der Waals surface area (Å²) in [5.41, 5.74) is 2.80. The first-order valence-electron chi connectivity index (χ1n) is 8.50. The summed E-state index contributed by atoms with van der Waals surface area (Å²) < 4.78 is 27.8. The molecule has 9 heteroatoms. The lowest BCUT2D eigenvalue weighted by molar-refractivity contribution is 0.104. The fourth-order valence-corrected chi connectivity index (χ4v) is 4.11. The highest BCUT2D eigenvalue weighted by Gasteiger charge is 2.18. The first kappa shape index (κ1) is 18.3. The van der Waals surface area contributed by atoms with E-state index in [2.05, 4.69) is 14.8 Å². The number of rotatable bonds is 6. The fourth-order valence-electron chi connectivity index (χ4n) is 2.80. The SMILES string of the molecule is CCS(=O)(=O)Nc1cccc(-c2ccnc3c(C(=O)c4cccs4)cnn23)c1. The van der Waals surface area contributed by atoms with Gasteiger partial charge in [0, 0.05) is 17.4 Å². The third kappa shape index (κ3) is 3.41. The zero-order valence-corrected chi connectivity index (χ0v) is 16.5. The second kappa shape index (κ2) is 7.17. The molecular weight excluding hydrogens is 396 g/mol. The van der Waals surface area contributed by atoms with Crippen LogP contribution in [0.25, 0.3) is 16.9 Å². The number of anilines is 1. The van der Waals surface area contributed by atoms with Crippen molar-refractivity contribution in [2.75, 3.05) is 10.5 Å². The van der Waals surface area contributed by atoms with Crippen molar-refractivity contribution in [2.24, 2.45) is 0 Å². The summed E-state index contributed by atoms with van der Waals surface area (Å²) >= 11 is 1.37. The largest absolute Gasteiger partial charge is 0.287 e. The maximum Gasteiger partial charge on any atom is 0.232 e. The van der Waals surface area contributed by atoms with Gasteiger partial charge in [0.1, 0.15) is 0 Å². The van der Waals surface area contributed by atoms with E-state index in [-0.39, 0.29) is 11.5 Å². The van der Waals surface area contributed by atoms with Crippen molar-refractivity contribution in [1.29, 1.82) is 0 Å². The smallest absolute Gasteiger partial charge is 0.232 e. The van der Waals surface area contributed by atoms with Crippen molar-refractivity contribution in [3.05, 3.63) is 70.7 Å². The summed E-state index contributed by atoms with van der Waals surface area (Å²) in [6.45, 7) is 1.58. The summed E-state index contributed by atoms with van der Waals surface area (Å²) in [6.07, 6.45) is 3.12. The van der Waals surface area contributed by atoms with Crippen LogP contribution in [0.1, 0.15) is 22.2 Å². The van der Waals surface area contributed by atoms with Crippen LogP contribution in [0.4, 0.5) is 5.69 Å². The van der Waals surface area contributed by atoms with Crippen molar-refractivity contribution < 1.29 is 13.2 Å². The Morgan fingerprint density at radius 2 is 2.07 bits per heavy atom. The summed E-state index contributed by atoms with van der Waals surface area (Å²) in [4.78, 5) is 17.7. The molecule has 4 rings (SSSR count). The average Bonchev–Trinajstić information content (AvgIpc) is 3.37. The molecule has 7 nitrogen and oxygen atoms in total. The molecule has 0 saturated carbocycles. The Labute approximate surface area is 165 Å². The highest BCUT2D eigenvalue weighted by Crippen LogP contribution is 2.25. The number of nitrogens with one attached hydrogen (secondary N) is 1. The van der Waals surface area contributed by atoms with Crippen molar-refractivity contribution in [1.82, 2.24) is 14.6 Å². The number of carbonyl (C=O) groups is 1. The van der Waals surface area contributed by atoms with Crippen LogP contribution in [0.5, 0.6) is 0 Å². The van der Waals surface area contributed by atoms with Gasteiger partial charge in [-0.2, -0.15) is 5.10 Å². The van der Waals surface area contributed by atoms with E-state index >= 15 is 0 Å². The lowest BCUT2D eigenvalue weighted by Gasteiger charge is -2.09. The van der Waals surface area contributed by atoms with Gasteiger partial charge < -0.3 is 0 Å². The van der Waals surface area contributed by atoms with Gasteiger partial charge in [0.2, 0.25) is 15.8 Å². The second-order valence-electron chi connectivity index (χ2n) is 6.02. The topological polar surface area (TPSA) is 93.4 Å². The number of aromatic nitrogens is 3. The standard InChI is InChI=1S/C19H16N4O3S2/c1-2-28(25,26)22-14-6-3-5-13(11-14)16-8-9-20-19-15(12-21-23(16)19)18(24)17-7-4-10-27-17/h3-12,22H,2H2,1H3. The van der Waals surface area contributed by atoms with Gasteiger partial charge in [0.15, 0.2) is 5.65 Å². The van der Waals surface area contributed by atoms with Gasteiger partial charge in [-0.25, -0.2) is 17.9 Å². The number of benzene rings is 1. The third-order valence-corrected chi connectivity index (χ3v) is 6.38. The molecule has 1 aromatic carbocycles. The van der Waals surface area contributed by atoms with Crippen LogP contribution in [0, 0.1) is 0 Å². The summed E-state index contributed by atoms with van der Waals surface area (Å²) in [6, 6.07) is 12.4. The fraction of sp³-hybridized carbons (Fsp3) is 0.105. The molecule has 0 aliphatic carbocycles. The van der Waals surface area contributed by atoms with Crippen LogP contribution in [-0.4, -0.2) is 34.6 Å². The van der Waals surface area contributed by atoms with E-state index in [0.29, 0.717) is 27.5 Å². The van der Waals surface area contributed by atoms with Crippen LogP contribution in [0.15, 0.2) is 60.2 Å². The quantitative estimate of drug-likeness (QED) is 0.490. The third-order valence-electron chi connectivity index (χ3n) is 4.20. The van der Waals surface area contributed by atoms with E-state index in [1.54, 1.807) is 48.0 Å². The first-order chi connectivity index (χ1) is 13.5. The molecule has 0 fully saturated rings. The Balaban J connectivity index is 1.78. The molecule has 0 spiro atoms. The number of carbonyl (C=O) groups excluding carboxylic acids is 1. The summed E-state index contributed by atoms with van der Waals surface area (Å²) in [7, 11) is -3.37. The molecule has 3 aromatic heterocycles. The van der Waals surface area contributed by atoms with E-state index in [0.717, 1.165) is 5.56 Å². The molecule has 0 aliphatic heterocycles. The number of sulfonamides is 1. The highest BCUT2D eigenvalue weighted by atomic mass is 32.2. The van der Waals surface area contributed by atoms with Crippen LogP contribution >= 0.6 is 11.3 Å². The predicted octanol–water partition coefficient (Wildman–Crippen LogP) is 3.45. The molecule has 0 radical (unpaired) electrons. The molecule has 0 saturated heterocycles. The Hall–Kier alpha value is -3.04. The molecule has 142 valence electrons. The van der Waals surface area contributed by atoms with Gasteiger partial charge in [0.25, 0.3) is 0 Å². The van der Waals surface area contributed by atoms with Crippen LogP contribution < -0.4 is 4.72 Å². The maximum absolute atomic E-state index is 12.7. The first-order valence-corrected chi connectivity index (χ1v) is 11.0. The van der Waals surface area contributed by atoms with E-state index < -0.39 is 10.0 Å². The molecule has 0 amide bonds. The maximum atomic E-state index is 12.7. The number of ketones is 1. The van der Waals surface area contributed by atoms with Crippen LogP contribution in [0.3, 0.4) is 0 Å². The monoisotopic (exact) mass is 412 g/mol. The Kier molecular flexibility index (Phi) is 4.70. The molecule has 4 aromatic rings. The highest BCUT2D eigenvalue weighted by molar-refractivity contribution is 7.92. The molecule has 0 aliphatic rings.